The SMILES string of the molecule is Cc1[nH]nc(-c2cccs2)c1NC(=O)C1CCCC1. The quantitative estimate of drug-likeness (QED) is 0.899. The summed E-state index contributed by atoms with van der Waals surface area (Å²) in [5.74, 6) is 0.310. The summed E-state index contributed by atoms with van der Waals surface area (Å²) in [5, 5.41) is 12.4. The molecule has 0 saturated heterocycles. The summed E-state index contributed by atoms with van der Waals surface area (Å²) in [4.78, 5) is 13.3. The van der Waals surface area contributed by atoms with Crippen LogP contribution in [0.25, 0.3) is 10.6 Å². The van der Waals surface area contributed by atoms with Gasteiger partial charge in [0.25, 0.3) is 0 Å². The molecule has 2 heterocycles. The van der Waals surface area contributed by atoms with E-state index in [2.05, 4.69) is 15.5 Å². The zero-order valence-corrected chi connectivity index (χ0v) is 11.7. The van der Waals surface area contributed by atoms with Crippen molar-refractivity contribution >= 4 is 22.9 Å². The third-order valence-electron chi connectivity index (χ3n) is 3.68. The largest absolute Gasteiger partial charge is 0.322 e. The molecule has 0 atom stereocenters. The number of nitrogens with one attached hydrogen (secondary N) is 2. The van der Waals surface area contributed by atoms with Gasteiger partial charge in [0, 0.05) is 5.92 Å². The van der Waals surface area contributed by atoms with E-state index in [0.717, 1.165) is 34.8 Å². The van der Waals surface area contributed by atoms with Crippen LogP contribution in [0.2, 0.25) is 0 Å². The first kappa shape index (κ1) is 12.4. The minimum atomic E-state index is 0.139. The molecule has 0 radical (unpaired) electrons. The van der Waals surface area contributed by atoms with Crippen molar-refractivity contribution < 1.29 is 4.79 Å². The molecule has 1 amide bonds. The third kappa shape index (κ3) is 2.42. The minimum absolute atomic E-state index is 0.139. The van der Waals surface area contributed by atoms with Gasteiger partial charge in [0.2, 0.25) is 5.91 Å². The molecular weight excluding hydrogens is 258 g/mol. The van der Waals surface area contributed by atoms with Crippen molar-refractivity contribution in [3.63, 3.8) is 0 Å². The van der Waals surface area contributed by atoms with Crippen LogP contribution in [0.1, 0.15) is 31.4 Å². The standard InChI is InChI=1S/C14H17N3OS/c1-9-12(15-14(18)10-5-2-3-6-10)13(17-16-9)11-7-4-8-19-11/h4,7-8,10H,2-3,5-6H2,1H3,(H,15,18)(H,16,17). The number of amides is 1. The maximum Gasteiger partial charge on any atom is 0.227 e. The highest BCUT2D eigenvalue weighted by Crippen LogP contribution is 2.33. The Morgan fingerprint density at radius 1 is 1.47 bits per heavy atom. The van der Waals surface area contributed by atoms with Gasteiger partial charge in [-0.15, -0.1) is 11.3 Å². The Bertz CT molecular complexity index is 568. The zero-order chi connectivity index (χ0) is 13.2. The number of thiophene rings is 1. The summed E-state index contributed by atoms with van der Waals surface area (Å²) in [5.41, 5.74) is 2.59. The fourth-order valence-corrected chi connectivity index (χ4v) is 3.31. The number of nitrogens with zero attached hydrogens (tertiary/aromatic N) is 1. The van der Waals surface area contributed by atoms with Crippen LogP contribution >= 0.6 is 11.3 Å². The van der Waals surface area contributed by atoms with Gasteiger partial charge in [-0.2, -0.15) is 5.10 Å². The summed E-state index contributed by atoms with van der Waals surface area (Å²) in [6.07, 6.45) is 4.36. The monoisotopic (exact) mass is 275 g/mol. The van der Waals surface area contributed by atoms with Gasteiger partial charge in [-0.05, 0) is 31.2 Å². The lowest BCUT2D eigenvalue weighted by Crippen LogP contribution is -2.20. The molecule has 4 nitrogen and oxygen atoms in total. The zero-order valence-electron chi connectivity index (χ0n) is 10.9. The molecule has 0 aromatic carbocycles. The molecule has 2 aromatic heterocycles. The van der Waals surface area contributed by atoms with Crippen LogP contribution in [-0.4, -0.2) is 16.1 Å². The molecule has 0 unspecified atom stereocenters. The first-order valence-corrected chi connectivity index (χ1v) is 7.53. The highest BCUT2D eigenvalue weighted by molar-refractivity contribution is 7.13. The first-order chi connectivity index (χ1) is 9.25. The lowest BCUT2D eigenvalue weighted by atomic mass is 10.1. The minimum Gasteiger partial charge on any atom is -0.322 e. The van der Waals surface area contributed by atoms with Crippen molar-refractivity contribution in [3.8, 4) is 10.6 Å². The number of carbonyl (C=O) groups excluding carboxylic acids is 1. The van der Waals surface area contributed by atoms with E-state index in [9.17, 15) is 4.79 Å². The molecule has 1 saturated carbocycles. The number of aromatic nitrogens is 2. The van der Waals surface area contributed by atoms with Gasteiger partial charge in [0.15, 0.2) is 0 Å². The van der Waals surface area contributed by atoms with Crippen molar-refractivity contribution in [2.75, 3.05) is 5.32 Å². The van der Waals surface area contributed by atoms with Gasteiger partial charge in [-0.25, -0.2) is 0 Å². The van der Waals surface area contributed by atoms with Gasteiger partial charge in [0.1, 0.15) is 5.69 Å². The fourth-order valence-electron chi connectivity index (χ4n) is 2.59. The molecule has 0 spiro atoms. The second kappa shape index (κ2) is 5.17. The van der Waals surface area contributed by atoms with E-state index >= 15 is 0 Å². The molecule has 3 rings (SSSR count). The van der Waals surface area contributed by atoms with Crippen molar-refractivity contribution in [2.24, 2.45) is 5.92 Å². The van der Waals surface area contributed by atoms with Crippen LogP contribution in [0, 0.1) is 12.8 Å². The van der Waals surface area contributed by atoms with Crippen molar-refractivity contribution in [1.29, 1.82) is 0 Å². The van der Waals surface area contributed by atoms with E-state index < -0.39 is 0 Å². The number of rotatable bonds is 3. The Kier molecular flexibility index (Phi) is 3.38. The van der Waals surface area contributed by atoms with Crippen molar-refractivity contribution in [1.82, 2.24) is 10.2 Å². The summed E-state index contributed by atoms with van der Waals surface area (Å²) in [6, 6.07) is 4.01. The molecule has 2 N–H and O–H groups in total. The third-order valence-corrected chi connectivity index (χ3v) is 4.55. The Hall–Kier alpha value is -1.62. The molecule has 1 aliphatic rings. The molecule has 1 fully saturated rings. The first-order valence-electron chi connectivity index (χ1n) is 6.65. The van der Waals surface area contributed by atoms with Gasteiger partial charge in [0.05, 0.1) is 16.3 Å². The normalized spacial score (nSPS) is 15.8. The highest BCUT2D eigenvalue weighted by Gasteiger charge is 2.24. The van der Waals surface area contributed by atoms with Gasteiger partial charge >= 0.3 is 0 Å². The Balaban J connectivity index is 1.84. The summed E-state index contributed by atoms with van der Waals surface area (Å²) in [7, 11) is 0. The van der Waals surface area contributed by atoms with E-state index in [-0.39, 0.29) is 11.8 Å². The predicted octanol–water partition coefficient (Wildman–Crippen LogP) is 3.58. The van der Waals surface area contributed by atoms with E-state index in [4.69, 9.17) is 0 Å². The maximum absolute atomic E-state index is 12.2. The van der Waals surface area contributed by atoms with Gasteiger partial charge in [-0.3, -0.25) is 9.89 Å². The topological polar surface area (TPSA) is 57.8 Å². The molecular formula is C14H17N3OS. The average molecular weight is 275 g/mol. The predicted molar refractivity (Wildman–Crippen MR) is 77.2 cm³/mol. The Labute approximate surface area is 116 Å². The van der Waals surface area contributed by atoms with Crippen LogP contribution in [0.5, 0.6) is 0 Å². The number of H-pyrrole nitrogens is 1. The van der Waals surface area contributed by atoms with Crippen LogP contribution < -0.4 is 5.32 Å². The number of aryl methyl sites for hydroxylation is 1. The summed E-state index contributed by atoms with van der Waals surface area (Å²) < 4.78 is 0. The highest BCUT2D eigenvalue weighted by atomic mass is 32.1. The smallest absolute Gasteiger partial charge is 0.227 e. The van der Waals surface area contributed by atoms with Gasteiger partial charge in [-0.1, -0.05) is 18.9 Å². The molecule has 1 aliphatic carbocycles. The van der Waals surface area contributed by atoms with Crippen LogP contribution in [0.3, 0.4) is 0 Å². The fraction of sp³-hybridized carbons (Fsp3) is 0.429. The number of aromatic amines is 1. The van der Waals surface area contributed by atoms with Gasteiger partial charge < -0.3 is 5.32 Å². The lowest BCUT2D eigenvalue weighted by Gasteiger charge is -2.10. The summed E-state index contributed by atoms with van der Waals surface area (Å²) in [6.45, 7) is 1.94. The van der Waals surface area contributed by atoms with Crippen molar-refractivity contribution in [3.05, 3.63) is 23.2 Å². The van der Waals surface area contributed by atoms with Crippen LogP contribution in [0.4, 0.5) is 5.69 Å². The molecule has 100 valence electrons. The number of hydrogen-bond acceptors (Lipinski definition) is 3. The van der Waals surface area contributed by atoms with E-state index in [1.54, 1.807) is 11.3 Å². The Morgan fingerprint density at radius 3 is 2.95 bits per heavy atom. The van der Waals surface area contributed by atoms with Crippen molar-refractivity contribution in [2.45, 2.75) is 32.6 Å². The molecule has 2 aromatic rings. The maximum atomic E-state index is 12.2. The average Bonchev–Trinajstić information content (AvgIpc) is 3.10. The Morgan fingerprint density at radius 2 is 2.26 bits per heavy atom. The number of hydrogen-bond donors (Lipinski definition) is 2. The second-order valence-corrected chi connectivity index (χ2v) is 5.97. The lowest BCUT2D eigenvalue weighted by molar-refractivity contribution is -0.119. The second-order valence-electron chi connectivity index (χ2n) is 5.02. The molecule has 0 aliphatic heterocycles. The van der Waals surface area contributed by atoms with Crippen LogP contribution in [-0.2, 0) is 4.79 Å². The number of carbonyl (C=O) groups is 1. The van der Waals surface area contributed by atoms with Crippen LogP contribution in [0.15, 0.2) is 17.5 Å². The summed E-state index contributed by atoms with van der Waals surface area (Å²) >= 11 is 1.63. The van der Waals surface area contributed by atoms with E-state index in [1.807, 2.05) is 24.4 Å². The van der Waals surface area contributed by atoms with E-state index in [1.165, 1.54) is 12.8 Å². The number of anilines is 1. The molecule has 19 heavy (non-hydrogen) atoms. The van der Waals surface area contributed by atoms with E-state index in [0.29, 0.717) is 0 Å². The molecule has 0 bridgehead atoms. The molecule has 5 heteroatoms.